The van der Waals surface area contributed by atoms with Gasteiger partial charge in [-0.25, -0.2) is 9.97 Å². The second kappa shape index (κ2) is 8.96. The molecule has 0 aliphatic carbocycles. The summed E-state index contributed by atoms with van der Waals surface area (Å²) in [6, 6.07) is 48.6. The summed E-state index contributed by atoms with van der Waals surface area (Å²) in [6.07, 6.45) is 1.71. The van der Waals surface area contributed by atoms with E-state index in [0.29, 0.717) is 0 Å². The summed E-state index contributed by atoms with van der Waals surface area (Å²) in [6.45, 7) is 0. The van der Waals surface area contributed by atoms with E-state index in [0.717, 1.165) is 21.5 Å². The molecular weight excluding hydrogens is 555 g/mol. The lowest BCUT2D eigenvalue weighted by molar-refractivity contribution is 1.24. The Bertz CT molecular complexity index is 2840. The summed E-state index contributed by atoms with van der Waals surface area (Å²) in [5.74, 6) is 0. The number of thiophene rings is 1. The average molecular weight is 578 g/mol. The Morgan fingerprint density at radius 2 is 1.02 bits per heavy atom. The van der Waals surface area contributed by atoms with Gasteiger partial charge < -0.3 is 4.40 Å². The first-order chi connectivity index (χ1) is 21.8. The third-order valence-electron chi connectivity index (χ3n) is 9.09. The zero-order valence-corrected chi connectivity index (χ0v) is 24.3. The highest BCUT2D eigenvalue weighted by Crippen LogP contribution is 2.42. The number of hydrogen-bond acceptors (Lipinski definition) is 3. The normalized spacial score (nSPS) is 12.1. The molecule has 0 amide bonds. The Morgan fingerprint density at radius 3 is 1.80 bits per heavy atom. The first-order valence-corrected chi connectivity index (χ1v) is 15.7. The second-order valence-corrected chi connectivity index (χ2v) is 12.4. The number of nitrogens with zero attached hydrogens (tertiary/aromatic N) is 3. The minimum atomic E-state index is 0.982. The lowest BCUT2D eigenvalue weighted by atomic mass is 10.0. The SMILES string of the molecule is c1ccc2c(c1)sc1c(-c3ccc4c(c3)c3cccc5c6ccccc6c6ccccc6c6ccccc6n4c53)ncnc12. The van der Waals surface area contributed by atoms with Gasteiger partial charge in [0.15, 0.2) is 0 Å². The van der Waals surface area contributed by atoms with Crippen molar-refractivity contribution in [2.45, 2.75) is 0 Å². The molecule has 10 rings (SSSR count). The van der Waals surface area contributed by atoms with Gasteiger partial charge in [0.2, 0.25) is 0 Å². The molecule has 0 N–H and O–H groups in total. The van der Waals surface area contributed by atoms with E-state index in [1.54, 1.807) is 17.7 Å². The Kier molecular flexibility index (Phi) is 4.87. The van der Waals surface area contributed by atoms with Crippen LogP contribution in [0.5, 0.6) is 0 Å². The van der Waals surface area contributed by atoms with Crippen molar-refractivity contribution >= 4 is 91.3 Å². The predicted octanol–water partition coefficient (Wildman–Crippen LogP) is 11.1. The van der Waals surface area contributed by atoms with E-state index in [-0.39, 0.29) is 0 Å². The maximum Gasteiger partial charge on any atom is 0.116 e. The topological polar surface area (TPSA) is 30.2 Å². The molecule has 0 saturated carbocycles. The number of aromatic nitrogens is 3. The lowest BCUT2D eigenvalue weighted by Crippen LogP contribution is -1.88. The van der Waals surface area contributed by atoms with Crippen LogP contribution in [0, 0.1) is 0 Å². The van der Waals surface area contributed by atoms with Gasteiger partial charge >= 0.3 is 0 Å². The maximum absolute atomic E-state index is 4.84. The standard InChI is InChI=1S/C40H23N3S/c1-3-12-27-25(10-1)26-11-2-4-13-28(26)30-16-9-17-31-33-22-24(20-21-35(33)43(39(30)31)34-18-7-5-14-29(27)34)37-40-38(42-23-41-37)32-15-6-8-19-36(32)44-40/h1-23H. The summed E-state index contributed by atoms with van der Waals surface area (Å²) >= 11 is 1.77. The van der Waals surface area contributed by atoms with Crippen molar-refractivity contribution in [1.29, 1.82) is 0 Å². The average Bonchev–Trinajstić information content (AvgIpc) is 3.64. The fourth-order valence-electron chi connectivity index (χ4n) is 7.22. The van der Waals surface area contributed by atoms with Crippen LogP contribution in [-0.2, 0) is 0 Å². The number of rotatable bonds is 1. The Balaban J connectivity index is 1.43. The molecule has 4 heterocycles. The molecule has 4 aromatic heterocycles. The minimum absolute atomic E-state index is 0.982. The van der Waals surface area contributed by atoms with Gasteiger partial charge in [0.1, 0.15) is 6.33 Å². The molecule has 10 aromatic rings. The van der Waals surface area contributed by atoms with E-state index in [9.17, 15) is 0 Å². The van der Waals surface area contributed by atoms with Crippen LogP contribution < -0.4 is 0 Å². The molecule has 0 bridgehead atoms. The van der Waals surface area contributed by atoms with Crippen molar-refractivity contribution < 1.29 is 0 Å². The summed E-state index contributed by atoms with van der Waals surface area (Å²) in [5.41, 5.74) is 6.70. The number of hydrogen-bond donors (Lipinski definition) is 0. The zero-order chi connectivity index (χ0) is 28.8. The van der Waals surface area contributed by atoms with Crippen LogP contribution in [0.1, 0.15) is 0 Å². The van der Waals surface area contributed by atoms with Gasteiger partial charge in [-0.2, -0.15) is 0 Å². The van der Waals surface area contributed by atoms with Crippen LogP contribution >= 0.6 is 11.3 Å². The van der Waals surface area contributed by atoms with Gasteiger partial charge in [-0.15, -0.1) is 11.3 Å². The molecule has 4 heteroatoms. The Hall–Kier alpha value is -5.58. The molecule has 0 unspecified atom stereocenters. The molecule has 204 valence electrons. The van der Waals surface area contributed by atoms with Gasteiger partial charge in [0.05, 0.1) is 32.5 Å². The Morgan fingerprint density at radius 1 is 0.455 bits per heavy atom. The molecule has 0 aliphatic heterocycles. The highest BCUT2D eigenvalue weighted by Gasteiger charge is 2.18. The van der Waals surface area contributed by atoms with Gasteiger partial charge in [0, 0.05) is 37.2 Å². The summed E-state index contributed by atoms with van der Waals surface area (Å²) in [7, 11) is 0. The van der Waals surface area contributed by atoms with Crippen molar-refractivity contribution in [3.63, 3.8) is 0 Å². The molecule has 0 radical (unpaired) electrons. The Labute approximate surface area is 255 Å². The molecule has 3 nitrogen and oxygen atoms in total. The van der Waals surface area contributed by atoms with Crippen molar-refractivity contribution in [1.82, 2.24) is 14.4 Å². The summed E-state index contributed by atoms with van der Waals surface area (Å²) in [5, 5.41) is 11.1. The van der Waals surface area contributed by atoms with E-state index < -0.39 is 0 Å². The van der Waals surface area contributed by atoms with Crippen LogP contribution in [0.25, 0.3) is 91.2 Å². The number of para-hydroxylation sites is 2. The van der Waals surface area contributed by atoms with Gasteiger partial charge in [0.25, 0.3) is 0 Å². The van der Waals surface area contributed by atoms with E-state index in [4.69, 9.17) is 9.97 Å². The van der Waals surface area contributed by atoms with Gasteiger partial charge in [-0.05, 0) is 45.8 Å². The fraction of sp³-hybridized carbons (Fsp3) is 0. The van der Waals surface area contributed by atoms with Crippen LogP contribution in [0.3, 0.4) is 0 Å². The van der Waals surface area contributed by atoms with Crippen LogP contribution in [-0.4, -0.2) is 14.4 Å². The highest BCUT2D eigenvalue weighted by atomic mass is 32.1. The molecule has 0 saturated heterocycles. The second-order valence-electron chi connectivity index (χ2n) is 11.4. The van der Waals surface area contributed by atoms with Crippen LogP contribution in [0.15, 0.2) is 140 Å². The molecule has 0 atom stereocenters. The molecular formula is C40H23N3S. The predicted molar refractivity (Wildman–Crippen MR) is 188 cm³/mol. The molecule has 44 heavy (non-hydrogen) atoms. The summed E-state index contributed by atoms with van der Waals surface area (Å²) in [4.78, 5) is 9.54. The molecule has 0 aliphatic rings. The van der Waals surface area contributed by atoms with Crippen LogP contribution in [0.4, 0.5) is 0 Å². The quantitative estimate of drug-likeness (QED) is 0.194. The van der Waals surface area contributed by atoms with E-state index in [1.165, 1.54) is 69.7 Å². The minimum Gasteiger partial charge on any atom is -0.308 e. The van der Waals surface area contributed by atoms with Gasteiger partial charge in [-0.1, -0.05) is 109 Å². The number of fused-ring (bicyclic) bond motifs is 13. The molecule has 0 fully saturated rings. The third kappa shape index (κ3) is 3.20. The van der Waals surface area contributed by atoms with E-state index >= 15 is 0 Å². The van der Waals surface area contributed by atoms with Crippen molar-refractivity contribution in [3.8, 4) is 11.3 Å². The van der Waals surface area contributed by atoms with Crippen molar-refractivity contribution in [3.05, 3.63) is 140 Å². The third-order valence-corrected chi connectivity index (χ3v) is 10.3. The van der Waals surface area contributed by atoms with Crippen molar-refractivity contribution in [2.24, 2.45) is 0 Å². The van der Waals surface area contributed by atoms with Crippen molar-refractivity contribution in [2.75, 3.05) is 0 Å². The maximum atomic E-state index is 4.84. The lowest BCUT2D eigenvalue weighted by Gasteiger charge is -2.05. The van der Waals surface area contributed by atoms with Gasteiger partial charge in [-0.3, -0.25) is 0 Å². The molecule has 0 spiro atoms. The summed E-state index contributed by atoms with van der Waals surface area (Å²) < 4.78 is 4.84. The van der Waals surface area contributed by atoms with Crippen LogP contribution in [0.2, 0.25) is 0 Å². The van der Waals surface area contributed by atoms with E-state index in [2.05, 4.69) is 138 Å². The zero-order valence-electron chi connectivity index (χ0n) is 23.5. The highest BCUT2D eigenvalue weighted by molar-refractivity contribution is 7.26. The molecule has 6 aromatic carbocycles. The van der Waals surface area contributed by atoms with E-state index in [1.807, 2.05) is 0 Å². The number of benzene rings is 6. The smallest absolute Gasteiger partial charge is 0.116 e. The fourth-order valence-corrected chi connectivity index (χ4v) is 8.38. The largest absolute Gasteiger partial charge is 0.308 e. The first-order valence-electron chi connectivity index (χ1n) is 14.8. The monoisotopic (exact) mass is 577 g/mol. The first kappa shape index (κ1) is 23.9.